The molecule has 0 spiro atoms. The van der Waals surface area contributed by atoms with E-state index in [9.17, 15) is 4.79 Å². The van der Waals surface area contributed by atoms with E-state index in [1.54, 1.807) is 0 Å². The molecular formula is C20H28ClN3O. The minimum atomic E-state index is 0. The molecule has 0 saturated carbocycles. The Morgan fingerprint density at radius 3 is 2.68 bits per heavy atom. The Balaban J connectivity index is 0.00000225. The highest BCUT2D eigenvalue weighted by Crippen LogP contribution is 2.18. The number of nitrogens with zero attached hydrogens (tertiary/aromatic N) is 1. The van der Waals surface area contributed by atoms with Gasteiger partial charge in [0.25, 0.3) is 5.91 Å². The number of nitrogens with one attached hydrogen (secondary N) is 2. The van der Waals surface area contributed by atoms with Gasteiger partial charge in [-0.2, -0.15) is 0 Å². The van der Waals surface area contributed by atoms with E-state index in [2.05, 4.69) is 53.3 Å². The maximum atomic E-state index is 12.8. The van der Waals surface area contributed by atoms with Crippen molar-refractivity contribution in [2.45, 2.75) is 39.8 Å². The van der Waals surface area contributed by atoms with E-state index in [0.29, 0.717) is 5.92 Å². The van der Waals surface area contributed by atoms with E-state index < -0.39 is 0 Å². The van der Waals surface area contributed by atoms with Gasteiger partial charge < -0.3 is 15.2 Å². The van der Waals surface area contributed by atoms with Gasteiger partial charge in [-0.15, -0.1) is 12.4 Å². The second kappa shape index (κ2) is 8.54. The molecule has 1 saturated heterocycles. The van der Waals surface area contributed by atoms with Crippen molar-refractivity contribution in [3.05, 3.63) is 58.9 Å². The highest BCUT2D eigenvalue weighted by molar-refractivity contribution is 5.96. The number of piperidine rings is 1. The van der Waals surface area contributed by atoms with Crippen LogP contribution >= 0.6 is 12.4 Å². The van der Waals surface area contributed by atoms with Gasteiger partial charge in [-0.05, 0) is 50.9 Å². The number of halogens is 1. The molecule has 2 heterocycles. The van der Waals surface area contributed by atoms with Gasteiger partial charge in [0.05, 0.1) is 5.56 Å². The third kappa shape index (κ3) is 4.44. The number of benzene rings is 1. The van der Waals surface area contributed by atoms with Crippen molar-refractivity contribution in [3.63, 3.8) is 0 Å². The van der Waals surface area contributed by atoms with Crippen molar-refractivity contribution in [2.24, 2.45) is 5.92 Å². The molecule has 1 aromatic carbocycles. The summed E-state index contributed by atoms with van der Waals surface area (Å²) in [4.78, 5) is 12.8. The maximum Gasteiger partial charge on any atom is 0.253 e. The Morgan fingerprint density at radius 1 is 1.28 bits per heavy atom. The molecule has 136 valence electrons. The van der Waals surface area contributed by atoms with Crippen LogP contribution in [0.25, 0.3) is 0 Å². The molecule has 2 atom stereocenters. The molecule has 3 rings (SSSR count). The second-order valence-corrected chi connectivity index (χ2v) is 6.91. The Hall–Kier alpha value is -1.78. The molecule has 1 aliphatic rings. The number of carbonyl (C=O) groups excluding carboxylic acids is 1. The van der Waals surface area contributed by atoms with Crippen molar-refractivity contribution in [2.75, 3.05) is 13.1 Å². The van der Waals surface area contributed by atoms with E-state index in [1.807, 2.05) is 19.1 Å². The molecule has 2 N–H and O–H groups in total. The number of aromatic nitrogens is 1. The first-order chi connectivity index (χ1) is 11.6. The Kier molecular flexibility index (Phi) is 6.68. The summed E-state index contributed by atoms with van der Waals surface area (Å²) in [7, 11) is 0. The van der Waals surface area contributed by atoms with Gasteiger partial charge in [0.2, 0.25) is 0 Å². The topological polar surface area (TPSA) is 46.1 Å². The zero-order valence-electron chi connectivity index (χ0n) is 15.2. The first kappa shape index (κ1) is 19.5. The first-order valence-corrected chi connectivity index (χ1v) is 8.78. The summed E-state index contributed by atoms with van der Waals surface area (Å²) >= 11 is 0. The number of carbonyl (C=O) groups is 1. The Labute approximate surface area is 156 Å². The third-order valence-electron chi connectivity index (χ3n) is 5.10. The van der Waals surface area contributed by atoms with Crippen LogP contribution in [-0.2, 0) is 6.54 Å². The number of hydrogen-bond donors (Lipinski definition) is 2. The van der Waals surface area contributed by atoms with Gasteiger partial charge in [-0.1, -0.05) is 37.3 Å². The molecule has 5 heteroatoms. The Morgan fingerprint density at radius 2 is 2.00 bits per heavy atom. The van der Waals surface area contributed by atoms with E-state index in [1.165, 1.54) is 5.56 Å². The summed E-state index contributed by atoms with van der Waals surface area (Å²) in [6.45, 7) is 9.04. The van der Waals surface area contributed by atoms with E-state index in [-0.39, 0.29) is 24.4 Å². The van der Waals surface area contributed by atoms with Crippen molar-refractivity contribution in [3.8, 4) is 0 Å². The fourth-order valence-corrected chi connectivity index (χ4v) is 3.51. The molecule has 25 heavy (non-hydrogen) atoms. The van der Waals surface area contributed by atoms with Crippen LogP contribution in [0.15, 0.2) is 36.4 Å². The summed E-state index contributed by atoms with van der Waals surface area (Å²) in [6.07, 6.45) is 0.996. The molecule has 1 aliphatic heterocycles. The second-order valence-electron chi connectivity index (χ2n) is 6.91. The van der Waals surface area contributed by atoms with E-state index in [0.717, 1.165) is 43.0 Å². The van der Waals surface area contributed by atoms with Crippen LogP contribution < -0.4 is 10.6 Å². The molecular weight excluding hydrogens is 334 g/mol. The quantitative estimate of drug-likeness (QED) is 0.877. The maximum absolute atomic E-state index is 12.8. The van der Waals surface area contributed by atoms with Gasteiger partial charge in [0.1, 0.15) is 0 Å². The van der Waals surface area contributed by atoms with Crippen molar-refractivity contribution < 1.29 is 4.79 Å². The lowest BCUT2D eigenvalue weighted by molar-refractivity contribution is 0.0913. The molecule has 1 amide bonds. The molecule has 1 aromatic heterocycles. The van der Waals surface area contributed by atoms with Crippen LogP contribution in [0.4, 0.5) is 0 Å². The lowest BCUT2D eigenvalue weighted by Crippen LogP contribution is -2.48. The first-order valence-electron chi connectivity index (χ1n) is 8.78. The summed E-state index contributed by atoms with van der Waals surface area (Å²) in [5.74, 6) is 0.525. The molecule has 2 aromatic rings. The number of amides is 1. The predicted octanol–water partition coefficient (Wildman–Crippen LogP) is 3.30. The van der Waals surface area contributed by atoms with Gasteiger partial charge in [0, 0.05) is 24.0 Å². The van der Waals surface area contributed by atoms with Crippen molar-refractivity contribution >= 4 is 18.3 Å². The van der Waals surface area contributed by atoms with Gasteiger partial charge >= 0.3 is 0 Å². The zero-order valence-corrected chi connectivity index (χ0v) is 16.0. The van der Waals surface area contributed by atoms with Crippen LogP contribution in [0.3, 0.4) is 0 Å². The molecule has 0 radical (unpaired) electrons. The van der Waals surface area contributed by atoms with Crippen LogP contribution in [0.5, 0.6) is 0 Å². The van der Waals surface area contributed by atoms with Crippen LogP contribution in [0.1, 0.15) is 40.7 Å². The largest absolute Gasteiger partial charge is 0.349 e. The molecule has 1 fully saturated rings. The average Bonchev–Trinajstić information content (AvgIpc) is 2.86. The monoisotopic (exact) mass is 361 g/mol. The van der Waals surface area contributed by atoms with Gasteiger partial charge in [-0.3, -0.25) is 4.79 Å². The Bertz CT molecular complexity index is 711. The number of hydrogen-bond acceptors (Lipinski definition) is 2. The molecule has 0 bridgehead atoms. The summed E-state index contributed by atoms with van der Waals surface area (Å²) in [5.41, 5.74) is 4.21. The van der Waals surface area contributed by atoms with E-state index in [4.69, 9.17) is 0 Å². The zero-order chi connectivity index (χ0) is 17.1. The summed E-state index contributed by atoms with van der Waals surface area (Å²) in [5, 5.41) is 6.61. The number of rotatable bonds is 4. The molecule has 2 unspecified atom stereocenters. The van der Waals surface area contributed by atoms with Crippen LogP contribution in [0.2, 0.25) is 0 Å². The number of aryl methyl sites for hydroxylation is 1. The minimum Gasteiger partial charge on any atom is -0.349 e. The summed E-state index contributed by atoms with van der Waals surface area (Å²) in [6, 6.07) is 12.6. The van der Waals surface area contributed by atoms with Crippen molar-refractivity contribution in [1.29, 1.82) is 0 Å². The third-order valence-corrected chi connectivity index (χ3v) is 5.10. The highest BCUT2D eigenvalue weighted by Gasteiger charge is 2.24. The highest BCUT2D eigenvalue weighted by atomic mass is 35.5. The van der Waals surface area contributed by atoms with Gasteiger partial charge in [-0.25, -0.2) is 0 Å². The van der Waals surface area contributed by atoms with E-state index >= 15 is 0 Å². The SMILES string of the molecule is Cc1cc(C(=O)NC2CCNCC2C)c(C)n1Cc1ccccc1.Cl. The smallest absolute Gasteiger partial charge is 0.253 e. The molecule has 0 aliphatic carbocycles. The molecule has 4 nitrogen and oxygen atoms in total. The fraction of sp³-hybridized carbons (Fsp3) is 0.450. The minimum absolute atomic E-state index is 0. The standard InChI is InChI=1S/C20H27N3O.ClH/c1-14-12-21-10-9-19(14)22-20(24)18-11-15(2)23(16(18)3)13-17-7-5-4-6-8-17;/h4-8,11,14,19,21H,9-10,12-13H2,1-3H3,(H,22,24);1H. The predicted molar refractivity (Wildman–Crippen MR) is 105 cm³/mol. The average molecular weight is 362 g/mol. The lowest BCUT2D eigenvalue weighted by Gasteiger charge is -2.30. The summed E-state index contributed by atoms with van der Waals surface area (Å²) < 4.78 is 2.22. The van der Waals surface area contributed by atoms with Gasteiger partial charge in [0.15, 0.2) is 0 Å². The normalized spacial score (nSPS) is 20.0. The fourth-order valence-electron chi connectivity index (χ4n) is 3.51. The lowest BCUT2D eigenvalue weighted by atomic mass is 9.95. The van der Waals surface area contributed by atoms with Crippen molar-refractivity contribution in [1.82, 2.24) is 15.2 Å². The van der Waals surface area contributed by atoms with Crippen LogP contribution in [-0.4, -0.2) is 29.6 Å². The van der Waals surface area contributed by atoms with Crippen LogP contribution in [0, 0.1) is 19.8 Å².